The van der Waals surface area contributed by atoms with Gasteiger partial charge in [-0.15, -0.1) is 0 Å². The quantitative estimate of drug-likeness (QED) is 0.759. The third-order valence-electron chi connectivity index (χ3n) is 2.27. The van der Waals surface area contributed by atoms with Gasteiger partial charge in [0.15, 0.2) is 0 Å². The van der Waals surface area contributed by atoms with Gasteiger partial charge in [0.05, 0.1) is 24.7 Å². The maximum absolute atomic E-state index is 5.05. The van der Waals surface area contributed by atoms with Gasteiger partial charge in [0.2, 0.25) is 0 Å². The van der Waals surface area contributed by atoms with Gasteiger partial charge in [0.1, 0.15) is 0 Å². The number of benzene rings is 1. The number of para-hydroxylation sites is 2. The summed E-state index contributed by atoms with van der Waals surface area (Å²) in [6.07, 6.45) is 0. The molecule has 70 valence electrons. The third kappa shape index (κ3) is 1.60. The van der Waals surface area contributed by atoms with Crippen molar-refractivity contribution in [2.24, 2.45) is 0 Å². The Balaban J connectivity index is 2.09. The molecule has 1 aliphatic heterocycles. The number of rotatable bonds is 3. The maximum atomic E-state index is 5.05. The summed E-state index contributed by atoms with van der Waals surface area (Å²) in [7, 11) is 1.73. The molecule has 2 rings (SSSR count). The lowest BCUT2D eigenvalue weighted by Crippen LogP contribution is -2.26. The van der Waals surface area contributed by atoms with E-state index in [0.29, 0.717) is 0 Å². The van der Waals surface area contributed by atoms with E-state index >= 15 is 0 Å². The highest BCUT2D eigenvalue weighted by Crippen LogP contribution is 2.29. The highest BCUT2D eigenvalue weighted by Gasteiger charge is 2.16. The molecule has 0 aromatic heterocycles. The fourth-order valence-electron chi connectivity index (χ4n) is 1.57. The predicted octanol–water partition coefficient (Wildman–Crippen LogP) is 1.52. The van der Waals surface area contributed by atoms with Crippen molar-refractivity contribution in [2.45, 2.75) is 0 Å². The van der Waals surface area contributed by atoms with Crippen molar-refractivity contribution in [2.75, 3.05) is 37.1 Å². The summed E-state index contributed by atoms with van der Waals surface area (Å²) in [6, 6.07) is 8.34. The SMILES string of the molecule is COCCN1CNc2ccccc21. The zero-order valence-corrected chi connectivity index (χ0v) is 7.79. The lowest BCUT2D eigenvalue weighted by Gasteiger charge is -2.16. The van der Waals surface area contributed by atoms with Crippen LogP contribution in [0.15, 0.2) is 24.3 Å². The lowest BCUT2D eigenvalue weighted by atomic mass is 10.3. The first-order valence-corrected chi connectivity index (χ1v) is 4.48. The summed E-state index contributed by atoms with van der Waals surface area (Å²) in [5.74, 6) is 0. The molecule has 0 spiro atoms. The second-order valence-corrected chi connectivity index (χ2v) is 3.11. The minimum atomic E-state index is 0.774. The van der Waals surface area contributed by atoms with Crippen LogP contribution in [0.2, 0.25) is 0 Å². The van der Waals surface area contributed by atoms with Gasteiger partial charge in [-0.25, -0.2) is 0 Å². The van der Waals surface area contributed by atoms with E-state index in [-0.39, 0.29) is 0 Å². The van der Waals surface area contributed by atoms with Crippen LogP contribution in [-0.2, 0) is 4.74 Å². The Morgan fingerprint density at radius 1 is 1.46 bits per heavy atom. The van der Waals surface area contributed by atoms with E-state index in [1.54, 1.807) is 7.11 Å². The van der Waals surface area contributed by atoms with Crippen LogP contribution in [0.25, 0.3) is 0 Å². The molecule has 0 amide bonds. The van der Waals surface area contributed by atoms with Crippen molar-refractivity contribution in [3.05, 3.63) is 24.3 Å². The highest BCUT2D eigenvalue weighted by atomic mass is 16.5. The number of hydrogen-bond donors (Lipinski definition) is 1. The molecular weight excluding hydrogens is 164 g/mol. The molecule has 0 unspecified atom stereocenters. The van der Waals surface area contributed by atoms with E-state index in [4.69, 9.17) is 4.74 Å². The van der Waals surface area contributed by atoms with Gasteiger partial charge in [-0.1, -0.05) is 12.1 Å². The summed E-state index contributed by atoms with van der Waals surface area (Å²) >= 11 is 0. The summed E-state index contributed by atoms with van der Waals surface area (Å²) in [5, 5.41) is 3.33. The number of nitrogens with zero attached hydrogens (tertiary/aromatic N) is 1. The van der Waals surface area contributed by atoms with E-state index < -0.39 is 0 Å². The molecule has 1 aromatic rings. The summed E-state index contributed by atoms with van der Waals surface area (Å²) in [5.41, 5.74) is 2.50. The Morgan fingerprint density at radius 2 is 2.31 bits per heavy atom. The minimum absolute atomic E-state index is 0.774. The van der Waals surface area contributed by atoms with Crippen LogP contribution in [-0.4, -0.2) is 26.9 Å². The maximum Gasteiger partial charge on any atom is 0.0878 e. The van der Waals surface area contributed by atoms with Crippen molar-refractivity contribution in [3.63, 3.8) is 0 Å². The first-order chi connectivity index (χ1) is 6.42. The number of ether oxygens (including phenoxy) is 1. The molecule has 13 heavy (non-hydrogen) atoms. The zero-order valence-electron chi connectivity index (χ0n) is 7.79. The molecule has 1 aliphatic rings. The van der Waals surface area contributed by atoms with Gasteiger partial charge in [-0.05, 0) is 12.1 Å². The van der Waals surface area contributed by atoms with E-state index in [1.165, 1.54) is 11.4 Å². The Bertz CT molecular complexity index is 288. The summed E-state index contributed by atoms with van der Waals surface area (Å²) < 4.78 is 5.05. The molecule has 0 radical (unpaired) electrons. The molecule has 3 heteroatoms. The molecule has 1 heterocycles. The summed E-state index contributed by atoms with van der Waals surface area (Å²) in [4.78, 5) is 2.28. The minimum Gasteiger partial charge on any atom is -0.383 e. The second kappa shape index (κ2) is 3.66. The number of nitrogens with one attached hydrogen (secondary N) is 1. The van der Waals surface area contributed by atoms with E-state index in [2.05, 4.69) is 28.4 Å². The Labute approximate surface area is 78.3 Å². The Kier molecular flexibility index (Phi) is 2.36. The third-order valence-corrected chi connectivity index (χ3v) is 2.27. The van der Waals surface area contributed by atoms with Crippen LogP contribution in [0.4, 0.5) is 11.4 Å². The van der Waals surface area contributed by atoms with Gasteiger partial charge in [-0.3, -0.25) is 0 Å². The van der Waals surface area contributed by atoms with Crippen LogP contribution in [0.5, 0.6) is 0 Å². The van der Waals surface area contributed by atoms with Gasteiger partial charge < -0.3 is 15.0 Å². The number of hydrogen-bond acceptors (Lipinski definition) is 3. The normalized spacial score (nSPS) is 14.1. The Hall–Kier alpha value is -1.22. The molecule has 1 N–H and O–H groups in total. The fraction of sp³-hybridized carbons (Fsp3) is 0.400. The molecule has 0 saturated carbocycles. The molecule has 0 fully saturated rings. The van der Waals surface area contributed by atoms with Crippen molar-refractivity contribution >= 4 is 11.4 Å². The first kappa shape index (κ1) is 8.38. The lowest BCUT2D eigenvalue weighted by molar-refractivity contribution is 0.206. The van der Waals surface area contributed by atoms with Gasteiger partial charge >= 0.3 is 0 Å². The van der Waals surface area contributed by atoms with Crippen molar-refractivity contribution in [3.8, 4) is 0 Å². The van der Waals surface area contributed by atoms with E-state index in [0.717, 1.165) is 19.8 Å². The smallest absolute Gasteiger partial charge is 0.0878 e. The molecular formula is C10H14N2O. The van der Waals surface area contributed by atoms with Crippen LogP contribution >= 0.6 is 0 Å². The fourth-order valence-corrected chi connectivity index (χ4v) is 1.57. The Morgan fingerprint density at radius 3 is 3.15 bits per heavy atom. The number of methoxy groups -OCH3 is 1. The van der Waals surface area contributed by atoms with Crippen LogP contribution < -0.4 is 10.2 Å². The standard InChI is InChI=1S/C10H14N2O/c1-13-7-6-12-8-11-9-4-2-3-5-10(9)12/h2-5,11H,6-8H2,1H3. The van der Waals surface area contributed by atoms with Crippen LogP contribution in [0, 0.1) is 0 Å². The van der Waals surface area contributed by atoms with Crippen molar-refractivity contribution in [1.29, 1.82) is 0 Å². The largest absolute Gasteiger partial charge is 0.383 e. The molecule has 0 atom stereocenters. The van der Waals surface area contributed by atoms with E-state index in [9.17, 15) is 0 Å². The predicted molar refractivity (Wildman–Crippen MR) is 54.2 cm³/mol. The number of fused-ring (bicyclic) bond motifs is 1. The molecule has 3 nitrogen and oxygen atoms in total. The monoisotopic (exact) mass is 178 g/mol. The van der Waals surface area contributed by atoms with Gasteiger partial charge in [0.25, 0.3) is 0 Å². The number of anilines is 2. The zero-order chi connectivity index (χ0) is 9.10. The topological polar surface area (TPSA) is 24.5 Å². The summed E-state index contributed by atoms with van der Waals surface area (Å²) in [6.45, 7) is 2.61. The average Bonchev–Trinajstić information content (AvgIpc) is 2.58. The average molecular weight is 178 g/mol. The highest BCUT2D eigenvalue weighted by molar-refractivity contribution is 5.74. The van der Waals surface area contributed by atoms with Crippen LogP contribution in [0.3, 0.4) is 0 Å². The second-order valence-electron chi connectivity index (χ2n) is 3.11. The van der Waals surface area contributed by atoms with E-state index in [1.807, 2.05) is 6.07 Å². The van der Waals surface area contributed by atoms with Gasteiger partial charge in [-0.2, -0.15) is 0 Å². The van der Waals surface area contributed by atoms with Gasteiger partial charge in [0, 0.05) is 13.7 Å². The molecule has 0 saturated heterocycles. The molecule has 0 bridgehead atoms. The molecule has 0 aliphatic carbocycles. The van der Waals surface area contributed by atoms with Crippen molar-refractivity contribution in [1.82, 2.24) is 0 Å². The first-order valence-electron chi connectivity index (χ1n) is 4.48. The molecule has 1 aromatic carbocycles. The van der Waals surface area contributed by atoms with Crippen molar-refractivity contribution < 1.29 is 4.74 Å². The van der Waals surface area contributed by atoms with Crippen LogP contribution in [0.1, 0.15) is 0 Å².